The molecule has 3 rings (SSSR count). The average Bonchev–Trinajstić information content (AvgIpc) is 2.84. The Hall–Kier alpha value is -2.06. The zero-order valence-electron chi connectivity index (χ0n) is 13.5. The zero-order chi connectivity index (χ0) is 15.3. The number of rotatable bonds is 2. The van der Waals surface area contributed by atoms with Gasteiger partial charge in [-0.2, -0.15) is 0 Å². The van der Waals surface area contributed by atoms with Gasteiger partial charge in [-0.1, -0.05) is 27.7 Å². The molecule has 0 saturated carbocycles. The second-order valence-electron chi connectivity index (χ2n) is 6.33. The highest BCUT2D eigenvalue weighted by atomic mass is 15.0. The Labute approximate surface area is 125 Å². The van der Waals surface area contributed by atoms with Crippen LogP contribution in [0.4, 0.5) is 5.69 Å². The molecule has 1 N–H and O–H groups in total. The molecule has 0 spiro atoms. The predicted octanol–water partition coefficient (Wildman–Crippen LogP) is 3.69. The highest BCUT2D eigenvalue weighted by molar-refractivity contribution is 5.88. The Bertz CT molecular complexity index is 800. The molecule has 0 amide bonds. The van der Waals surface area contributed by atoms with Gasteiger partial charge in [0.25, 0.3) is 17.4 Å². The number of nitrogens with one attached hydrogen (secondary N) is 1. The number of benzene rings is 1. The predicted molar refractivity (Wildman–Crippen MR) is 85.3 cm³/mol. The molecule has 0 fully saturated rings. The third kappa shape index (κ3) is 1.98. The number of allylic oxidation sites excluding steroid dienone is 2. The van der Waals surface area contributed by atoms with Crippen LogP contribution in [0.15, 0.2) is 16.4 Å². The highest BCUT2D eigenvalue weighted by Crippen LogP contribution is 2.34. The fraction of sp³-hybridized carbons (Fsp3) is 0.471. The van der Waals surface area contributed by atoms with E-state index in [1.165, 1.54) is 5.56 Å². The van der Waals surface area contributed by atoms with Gasteiger partial charge in [0.2, 0.25) is 0 Å². The Morgan fingerprint density at radius 3 is 2.05 bits per heavy atom. The van der Waals surface area contributed by atoms with Crippen LogP contribution in [0.25, 0.3) is 11.0 Å². The van der Waals surface area contributed by atoms with Crippen LogP contribution in [0.3, 0.4) is 0 Å². The van der Waals surface area contributed by atoms with Crippen molar-refractivity contribution in [1.82, 2.24) is 9.97 Å². The fourth-order valence-electron chi connectivity index (χ4n) is 2.98. The van der Waals surface area contributed by atoms with Gasteiger partial charge in [-0.3, -0.25) is 0 Å². The molecule has 0 saturated heterocycles. The van der Waals surface area contributed by atoms with Gasteiger partial charge in [0, 0.05) is 5.70 Å². The number of anilines is 1. The molecule has 0 atom stereocenters. The summed E-state index contributed by atoms with van der Waals surface area (Å²) < 4.78 is 0. The molecule has 1 aromatic heterocycles. The smallest absolute Gasteiger partial charge is 0.282 e. The van der Waals surface area contributed by atoms with Crippen molar-refractivity contribution in [2.75, 3.05) is 5.32 Å². The summed E-state index contributed by atoms with van der Waals surface area (Å²) in [5.74, 6) is 0.686. The molecule has 1 aliphatic heterocycles. The maximum atomic E-state index is 4.86. The number of hydrogen-bond donors (Lipinski definition) is 1. The third-order valence-corrected chi connectivity index (χ3v) is 4.11. The minimum absolute atomic E-state index is 0.337. The lowest BCUT2D eigenvalue weighted by Crippen LogP contribution is -2.24. The normalized spacial score (nSPS) is 14.5. The molecule has 4 nitrogen and oxygen atoms in total. The quantitative estimate of drug-likeness (QED) is 0.854. The molecule has 1 aliphatic rings. The van der Waals surface area contributed by atoms with Crippen molar-refractivity contribution in [2.45, 2.75) is 53.4 Å². The number of aromatic nitrogens is 2. The zero-order valence-corrected chi connectivity index (χ0v) is 13.5. The van der Waals surface area contributed by atoms with E-state index < -0.39 is 0 Å². The van der Waals surface area contributed by atoms with E-state index in [-0.39, 0.29) is 0 Å². The van der Waals surface area contributed by atoms with Crippen molar-refractivity contribution in [3.63, 3.8) is 0 Å². The first-order valence-electron chi connectivity index (χ1n) is 7.48. The average molecular weight is 281 g/mol. The van der Waals surface area contributed by atoms with E-state index in [1.807, 2.05) is 6.92 Å². The first-order chi connectivity index (χ1) is 9.91. The van der Waals surface area contributed by atoms with Crippen molar-refractivity contribution in [1.29, 1.82) is 0 Å². The van der Waals surface area contributed by atoms with Gasteiger partial charge in [-0.15, -0.1) is 0 Å². The molecule has 0 unspecified atom stereocenters. The Morgan fingerprint density at radius 2 is 1.48 bits per heavy atom. The van der Waals surface area contributed by atoms with Crippen LogP contribution >= 0.6 is 0 Å². The topological polar surface area (TPSA) is 50.2 Å². The largest absolute Gasteiger partial charge is 0.355 e. The Kier molecular flexibility index (Phi) is 3.14. The van der Waals surface area contributed by atoms with E-state index in [0.717, 1.165) is 39.0 Å². The van der Waals surface area contributed by atoms with E-state index in [4.69, 9.17) is 4.99 Å². The van der Waals surface area contributed by atoms with Crippen molar-refractivity contribution < 1.29 is 0 Å². The van der Waals surface area contributed by atoms with Crippen molar-refractivity contribution >= 4 is 16.7 Å². The maximum Gasteiger partial charge on any atom is 0.282 e. The molecule has 108 valence electrons. The van der Waals surface area contributed by atoms with Crippen molar-refractivity contribution in [3.05, 3.63) is 34.2 Å². The molecular weight excluding hydrogens is 260 g/mol. The standard InChI is InChI=1S/C17H21N4/c1-8(2)12-14-15(19-7-18-14)13(9(3)4)17-16(12)20-10(5)11(6)21-17/h8-9,20H,1-6H3/q+1. The third-order valence-electron chi connectivity index (χ3n) is 4.11. The summed E-state index contributed by atoms with van der Waals surface area (Å²) in [4.78, 5) is 13.7. The summed E-state index contributed by atoms with van der Waals surface area (Å²) in [7, 11) is 0. The number of fused-ring (bicyclic) bond motifs is 2. The monoisotopic (exact) mass is 281 g/mol. The molecule has 21 heavy (non-hydrogen) atoms. The molecule has 2 heterocycles. The molecule has 0 aliphatic carbocycles. The Balaban J connectivity index is 2.53. The molecular formula is C17H21N4+. The number of nitrogens with zero attached hydrogens (tertiary/aromatic N) is 3. The van der Waals surface area contributed by atoms with Gasteiger partial charge in [0.1, 0.15) is 5.36 Å². The van der Waals surface area contributed by atoms with Crippen LogP contribution in [0.5, 0.6) is 0 Å². The second kappa shape index (κ2) is 4.74. The first kappa shape index (κ1) is 13.9. The number of hydrogen-bond acceptors (Lipinski definition) is 4. The van der Waals surface area contributed by atoms with Gasteiger partial charge >= 0.3 is 0 Å². The van der Waals surface area contributed by atoms with Gasteiger partial charge < -0.3 is 5.32 Å². The maximum absolute atomic E-state index is 4.86. The van der Waals surface area contributed by atoms with Crippen molar-refractivity contribution in [3.8, 4) is 0 Å². The van der Waals surface area contributed by atoms with Crippen LogP contribution in [0, 0.1) is 6.33 Å². The first-order valence-corrected chi connectivity index (χ1v) is 7.48. The molecule has 4 heteroatoms. The van der Waals surface area contributed by atoms with Gasteiger partial charge in [0.15, 0.2) is 0 Å². The second-order valence-corrected chi connectivity index (χ2v) is 6.33. The number of imidazole rings is 1. The van der Waals surface area contributed by atoms with E-state index in [2.05, 4.69) is 56.2 Å². The lowest BCUT2D eigenvalue weighted by molar-refractivity contribution is 0.837. The highest BCUT2D eigenvalue weighted by Gasteiger charge is 2.31. The Morgan fingerprint density at radius 1 is 0.905 bits per heavy atom. The summed E-state index contributed by atoms with van der Waals surface area (Å²) in [5.41, 5.74) is 7.49. The summed E-state index contributed by atoms with van der Waals surface area (Å²) in [5, 5.41) is 4.57. The molecule has 0 bridgehead atoms. The summed E-state index contributed by atoms with van der Waals surface area (Å²) >= 11 is 0. The van der Waals surface area contributed by atoms with Gasteiger partial charge in [-0.25, -0.2) is 4.99 Å². The lowest BCUT2D eigenvalue weighted by atomic mass is 9.91. The van der Waals surface area contributed by atoms with Crippen LogP contribution in [-0.2, 0) is 0 Å². The van der Waals surface area contributed by atoms with E-state index in [1.54, 1.807) is 0 Å². The molecule has 0 radical (unpaired) electrons. The molecule has 2 aromatic rings. The SMILES string of the molecule is CC1=C(C)Nc2c(C(C)C)c3n[c+]nc3c(C(C)C)c2=N1. The minimum Gasteiger partial charge on any atom is -0.355 e. The van der Waals surface area contributed by atoms with Crippen molar-refractivity contribution in [2.24, 2.45) is 4.99 Å². The van der Waals surface area contributed by atoms with Crippen LogP contribution in [0.1, 0.15) is 64.5 Å². The molecule has 1 aromatic carbocycles. The van der Waals surface area contributed by atoms with E-state index >= 15 is 0 Å². The van der Waals surface area contributed by atoms with Crippen LogP contribution in [0.2, 0.25) is 0 Å². The lowest BCUT2D eigenvalue weighted by Gasteiger charge is -2.20. The van der Waals surface area contributed by atoms with Crippen LogP contribution in [-0.4, -0.2) is 9.97 Å². The van der Waals surface area contributed by atoms with E-state index in [9.17, 15) is 0 Å². The van der Waals surface area contributed by atoms with E-state index in [0.29, 0.717) is 11.8 Å². The van der Waals surface area contributed by atoms with Gasteiger partial charge in [0.05, 0.1) is 22.5 Å². The van der Waals surface area contributed by atoms with Gasteiger partial charge in [-0.05, 0) is 35.7 Å². The summed E-state index contributed by atoms with van der Waals surface area (Å²) in [6, 6.07) is 0. The van der Waals surface area contributed by atoms with Crippen LogP contribution < -0.4 is 10.7 Å². The summed E-state index contributed by atoms with van der Waals surface area (Å²) in [6.45, 7) is 12.8. The summed E-state index contributed by atoms with van der Waals surface area (Å²) in [6.07, 6.45) is 2.79. The minimum atomic E-state index is 0.337. The fourth-order valence-corrected chi connectivity index (χ4v) is 2.98.